The minimum atomic E-state index is -0.624. The first-order valence-corrected chi connectivity index (χ1v) is 5.47. The van der Waals surface area contributed by atoms with E-state index >= 15 is 0 Å². The Kier molecular flexibility index (Phi) is 3.94. The molecule has 3 heteroatoms. The van der Waals surface area contributed by atoms with Gasteiger partial charge in [-0.1, -0.05) is 6.92 Å². The van der Waals surface area contributed by atoms with Gasteiger partial charge in [0, 0.05) is 32.0 Å². The Bertz CT molecular complexity index is 299. The van der Waals surface area contributed by atoms with Crippen LogP contribution < -0.4 is 0 Å². The van der Waals surface area contributed by atoms with Gasteiger partial charge in [0.05, 0.1) is 5.60 Å². The normalized spacial score (nSPS) is 12.4. The van der Waals surface area contributed by atoms with Crippen LogP contribution in [0.2, 0.25) is 0 Å². The molecule has 15 heavy (non-hydrogen) atoms. The van der Waals surface area contributed by atoms with Crippen molar-refractivity contribution in [3.63, 3.8) is 0 Å². The second-order valence-corrected chi connectivity index (χ2v) is 4.73. The van der Waals surface area contributed by atoms with Crippen molar-refractivity contribution in [2.75, 3.05) is 13.1 Å². The molecule has 0 aromatic carbocycles. The highest BCUT2D eigenvalue weighted by Crippen LogP contribution is 2.09. The second-order valence-electron chi connectivity index (χ2n) is 4.73. The Morgan fingerprint density at radius 3 is 2.53 bits per heavy atom. The number of hydrogen-bond donors (Lipinski definition) is 1. The molecular formula is C12H22N2O. The fourth-order valence-electron chi connectivity index (χ4n) is 1.72. The van der Waals surface area contributed by atoms with Gasteiger partial charge < -0.3 is 9.67 Å². The van der Waals surface area contributed by atoms with Gasteiger partial charge in [-0.15, -0.1) is 0 Å². The zero-order valence-corrected chi connectivity index (χ0v) is 10.2. The predicted molar refractivity (Wildman–Crippen MR) is 62.7 cm³/mol. The highest BCUT2D eigenvalue weighted by molar-refractivity contribution is 5.06. The number of likely N-dealkylation sites (N-methyl/N-ethyl adjacent to an activating group) is 1. The number of nitrogens with zero attached hydrogens (tertiary/aromatic N) is 2. The summed E-state index contributed by atoms with van der Waals surface area (Å²) in [4.78, 5) is 2.25. The number of aryl methyl sites for hydroxylation is 1. The van der Waals surface area contributed by atoms with Crippen LogP contribution in [0.3, 0.4) is 0 Å². The molecule has 0 radical (unpaired) electrons. The van der Waals surface area contributed by atoms with E-state index in [9.17, 15) is 5.11 Å². The molecule has 0 unspecified atom stereocenters. The van der Waals surface area contributed by atoms with Gasteiger partial charge in [0.25, 0.3) is 0 Å². The summed E-state index contributed by atoms with van der Waals surface area (Å²) in [5.41, 5.74) is 0.655. The molecule has 0 saturated carbocycles. The molecule has 0 aliphatic carbocycles. The molecule has 3 nitrogen and oxygen atoms in total. The van der Waals surface area contributed by atoms with Crippen molar-refractivity contribution in [1.29, 1.82) is 0 Å². The molecule has 1 rings (SSSR count). The second kappa shape index (κ2) is 4.81. The third-order valence-electron chi connectivity index (χ3n) is 2.49. The monoisotopic (exact) mass is 210 g/mol. The Morgan fingerprint density at radius 1 is 1.47 bits per heavy atom. The maximum absolute atomic E-state index is 9.77. The Labute approximate surface area is 92.3 Å². The van der Waals surface area contributed by atoms with Crippen molar-refractivity contribution >= 4 is 0 Å². The van der Waals surface area contributed by atoms with Gasteiger partial charge in [-0.3, -0.25) is 4.90 Å². The maximum atomic E-state index is 9.77. The summed E-state index contributed by atoms with van der Waals surface area (Å²) in [7, 11) is 2.05. The minimum Gasteiger partial charge on any atom is -0.389 e. The lowest BCUT2D eigenvalue weighted by Gasteiger charge is -2.28. The first-order valence-electron chi connectivity index (χ1n) is 5.47. The highest BCUT2D eigenvalue weighted by Gasteiger charge is 2.17. The Morgan fingerprint density at radius 2 is 2.13 bits per heavy atom. The zero-order chi connectivity index (χ0) is 11.5. The van der Waals surface area contributed by atoms with E-state index in [2.05, 4.69) is 22.5 Å². The Balaban J connectivity index is 2.58. The van der Waals surface area contributed by atoms with Gasteiger partial charge in [0.2, 0.25) is 0 Å². The van der Waals surface area contributed by atoms with Gasteiger partial charge in [0.15, 0.2) is 0 Å². The van der Waals surface area contributed by atoms with Crippen LogP contribution in [-0.4, -0.2) is 33.3 Å². The van der Waals surface area contributed by atoms with Crippen LogP contribution in [0, 0.1) is 0 Å². The van der Waals surface area contributed by atoms with Crippen molar-refractivity contribution in [2.45, 2.75) is 32.9 Å². The summed E-state index contributed by atoms with van der Waals surface area (Å²) in [5, 5.41) is 9.77. The van der Waals surface area contributed by atoms with Crippen LogP contribution in [0.25, 0.3) is 0 Å². The minimum absolute atomic E-state index is 0.624. The van der Waals surface area contributed by atoms with Crippen LogP contribution in [0.4, 0.5) is 0 Å². The summed E-state index contributed by atoms with van der Waals surface area (Å²) < 4.78 is 2.12. The van der Waals surface area contributed by atoms with Gasteiger partial charge >= 0.3 is 0 Å². The topological polar surface area (TPSA) is 28.4 Å². The number of rotatable bonds is 5. The predicted octanol–water partition coefficient (Wildman–Crippen LogP) is 1.62. The third-order valence-corrected chi connectivity index (χ3v) is 2.49. The van der Waals surface area contributed by atoms with Gasteiger partial charge in [-0.25, -0.2) is 0 Å². The lowest BCUT2D eigenvalue weighted by atomic mass is 10.1. The van der Waals surface area contributed by atoms with Crippen molar-refractivity contribution in [2.24, 2.45) is 7.05 Å². The molecule has 0 atom stereocenters. The highest BCUT2D eigenvalue weighted by atomic mass is 16.3. The largest absolute Gasteiger partial charge is 0.389 e. The summed E-state index contributed by atoms with van der Waals surface area (Å²) in [6, 6.07) is 4.17. The lowest BCUT2D eigenvalue weighted by molar-refractivity contribution is 0.0347. The van der Waals surface area contributed by atoms with E-state index in [0.29, 0.717) is 6.54 Å². The molecule has 0 aliphatic heterocycles. The van der Waals surface area contributed by atoms with Crippen molar-refractivity contribution in [3.05, 3.63) is 24.0 Å². The van der Waals surface area contributed by atoms with E-state index in [4.69, 9.17) is 0 Å². The molecule has 0 aliphatic rings. The van der Waals surface area contributed by atoms with E-state index in [-0.39, 0.29) is 0 Å². The molecule has 0 bridgehead atoms. The molecule has 0 amide bonds. The summed E-state index contributed by atoms with van der Waals surface area (Å²) >= 11 is 0. The van der Waals surface area contributed by atoms with Crippen LogP contribution in [0.1, 0.15) is 26.5 Å². The van der Waals surface area contributed by atoms with Crippen molar-refractivity contribution in [1.82, 2.24) is 9.47 Å². The average molecular weight is 210 g/mol. The Hall–Kier alpha value is -0.800. The van der Waals surface area contributed by atoms with Crippen LogP contribution in [0.15, 0.2) is 18.3 Å². The quantitative estimate of drug-likeness (QED) is 0.800. The molecular weight excluding hydrogens is 188 g/mol. The maximum Gasteiger partial charge on any atom is 0.0718 e. The molecule has 1 heterocycles. The summed E-state index contributed by atoms with van der Waals surface area (Å²) in [6.07, 6.45) is 2.05. The van der Waals surface area contributed by atoms with E-state index in [1.807, 2.05) is 33.2 Å². The molecule has 86 valence electrons. The van der Waals surface area contributed by atoms with Gasteiger partial charge in [-0.05, 0) is 32.5 Å². The van der Waals surface area contributed by atoms with E-state index in [1.165, 1.54) is 5.69 Å². The van der Waals surface area contributed by atoms with Crippen molar-refractivity contribution in [3.8, 4) is 0 Å². The molecule has 1 aromatic heterocycles. The third kappa shape index (κ3) is 4.06. The standard InChI is InChI=1S/C12H22N2O/c1-5-14(10-12(2,3)15)9-11-7-6-8-13(11)4/h6-8,15H,5,9-10H2,1-4H3. The molecule has 0 saturated heterocycles. The van der Waals surface area contributed by atoms with E-state index < -0.39 is 5.60 Å². The van der Waals surface area contributed by atoms with E-state index in [1.54, 1.807) is 0 Å². The first-order chi connectivity index (χ1) is 6.92. The van der Waals surface area contributed by atoms with Crippen LogP contribution in [0.5, 0.6) is 0 Å². The SMILES string of the molecule is CCN(Cc1cccn1C)CC(C)(C)O. The van der Waals surface area contributed by atoms with Crippen LogP contribution in [-0.2, 0) is 13.6 Å². The van der Waals surface area contributed by atoms with Crippen molar-refractivity contribution < 1.29 is 5.11 Å². The summed E-state index contributed by atoms with van der Waals surface area (Å²) in [5.74, 6) is 0. The number of aliphatic hydroxyl groups is 1. The molecule has 1 N–H and O–H groups in total. The fourth-order valence-corrected chi connectivity index (χ4v) is 1.72. The summed E-state index contributed by atoms with van der Waals surface area (Å²) in [6.45, 7) is 8.36. The fraction of sp³-hybridized carbons (Fsp3) is 0.667. The average Bonchev–Trinajstić information content (AvgIpc) is 2.48. The smallest absolute Gasteiger partial charge is 0.0718 e. The van der Waals surface area contributed by atoms with Gasteiger partial charge in [0.1, 0.15) is 0 Å². The molecule has 0 spiro atoms. The van der Waals surface area contributed by atoms with E-state index in [0.717, 1.165) is 13.1 Å². The first kappa shape index (κ1) is 12.3. The lowest BCUT2D eigenvalue weighted by Crippen LogP contribution is -2.38. The number of hydrogen-bond acceptors (Lipinski definition) is 2. The molecule has 0 fully saturated rings. The van der Waals surface area contributed by atoms with Crippen LogP contribution >= 0.6 is 0 Å². The van der Waals surface area contributed by atoms with Gasteiger partial charge in [-0.2, -0.15) is 0 Å². The number of aromatic nitrogens is 1. The molecule has 1 aromatic rings. The zero-order valence-electron chi connectivity index (χ0n) is 10.2.